The fourth-order valence-corrected chi connectivity index (χ4v) is 1.28. The van der Waals surface area contributed by atoms with Crippen LogP contribution in [0.2, 0.25) is 0 Å². The summed E-state index contributed by atoms with van der Waals surface area (Å²) in [4.78, 5) is 22.2. The molecule has 0 aliphatic rings. The molecule has 0 aromatic rings. The van der Waals surface area contributed by atoms with Gasteiger partial charge in [-0.3, -0.25) is 4.79 Å². The van der Waals surface area contributed by atoms with Crippen LogP contribution in [-0.2, 0) is 14.3 Å². The highest BCUT2D eigenvalue weighted by Gasteiger charge is 2.05. The average molecular weight is 280 g/mol. The minimum atomic E-state index is -0.566. The number of carbonyl (C=O) groups excluding carboxylic acids is 2. The van der Waals surface area contributed by atoms with Gasteiger partial charge in [0, 0.05) is 6.54 Å². The van der Waals surface area contributed by atoms with Gasteiger partial charge in [-0.1, -0.05) is 13.8 Å². The van der Waals surface area contributed by atoms with Crippen LogP contribution >= 0.6 is 11.6 Å². The molecule has 0 aromatic heterocycles. The first kappa shape index (κ1) is 17.0. The van der Waals surface area contributed by atoms with Crippen molar-refractivity contribution in [1.82, 2.24) is 5.32 Å². The molecule has 1 amide bonds. The van der Waals surface area contributed by atoms with Crippen molar-refractivity contribution in [2.45, 2.75) is 33.1 Å². The summed E-state index contributed by atoms with van der Waals surface area (Å²) in [5, 5.41) is 2.44. The van der Waals surface area contributed by atoms with Crippen LogP contribution < -0.4 is 5.32 Å². The molecule has 0 aliphatic carbocycles. The minimum absolute atomic E-state index is 0.150. The van der Waals surface area contributed by atoms with Gasteiger partial charge in [0.15, 0.2) is 0 Å². The van der Waals surface area contributed by atoms with E-state index in [4.69, 9.17) is 16.3 Å². The molecule has 18 heavy (non-hydrogen) atoms. The summed E-state index contributed by atoms with van der Waals surface area (Å²) in [6.45, 7) is 5.06. The van der Waals surface area contributed by atoms with E-state index < -0.39 is 6.09 Å². The number of rotatable bonds is 9. The highest BCUT2D eigenvalue weighted by atomic mass is 35.5. The van der Waals surface area contributed by atoms with Crippen LogP contribution in [0.1, 0.15) is 33.1 Å². The zero-order chi connectivity index (χ0) is 13.8. The first-order valence-corrected chi connectivity index (χ1v) is 6.72. The van der Waals surface area contributed by atoms with Crippen LogP contribution in [0, 0.1) is 5.92 Å². The third-order valence-electron chi connectivity index (χ3n) is 2.10. The van der Waals surface area contributed by atoms with Crippen molar-refractivity contribution in [2.24, 2.45) is 5.92 Å². The maximum atomic E-state index is 11.2. The smallest absolute Gasteiger partial charge is 0.407 e. The Bertz CT molecular complexity index is 246. The highest BCUT2D eigenvalue weighted by Crippen LogP contribution is 2.03. The van der Waals surface area contributed by atoms with Gasteiger partial charge < -0.3 is 14.8 Å². The zero-order valence-electron chi connectivity index (χ0n) is 11.0. The molecule has 0 rings (SSSR count). The standard InChI is InChI=1S/C12H22ClNO4/c1-10(2)4-3-8-17-11(15)5-7-14-12(16)18-9-6-13/h10H,3-9H2,1-2H3,(H,14,16). The molecule has 1 N–H and O–H groups in total. The second-order valence-corrected chi connectivity index (χ2v) is 4.64. The molecule has 6 heteroatoms. The maximum absolute atomic E-state index is 11.2. The normalized spacial score (nSPS) is 10.2. The van der Waals surface area contributed by atoms with E-state index in [1.165, 1.54) is 0 Å². The van der Waals surface area contributed by atoms with Crippen LogP contribution in [-0.4, -0.2) is 37.7 Å². The van der Waals surface area contributed by atoms with Crippen LogP contribution in [0.5, 0.6) is 0 Å². The number of carbonyl (C=O) groups is 2. The number of alkyl carbamates (subject to hydrolysis) is 1. The summed E-state index contributed by atoms with van der Waals surface area (Å²) in [5.41, 5.74) is 0. The van der Waals surface area contributed by atoms with E-state index in [1.807, 2.05) is 0 Å². The second kappa shape index (κ2) is 11.1. The Labute approximate surface area is 113 Å². The molecule has 0 unspecified atom stereocenters. The Balaban J connectivity index is 3.39. The second-order valence-electron chi connectivity index (χ2n) is 4.26. The Kier molecular flexibility index (Phi) is 10.5. The van der Waals surface area contributed by atoms with Crippen molar-refractivity contribution < 1.29 is 19.1 Å². The van der Waals surface area contributed by atoms with Gasteiger partial charge in [-0.25, -0.2) is 4.79 Å². The molecule has 0 spiro atoms. The average Bonchev–Trinajstić information content (AvgIpc) is 2.32. The lowest BCUT2D eigenvalue weighted by Crippen LogP contribution is -2.27. The van der Waals surface area contributed by atoms with Crippen molar-refractivity contribution in [2.75, 3.05) is 25.6 Å². The predicted octanol–water partition coefficient (Wildman–Crippen LogP) is 2.32. The molecule has 0 aromatic carbocycles. The summed E-state index contributed by atoms with van der Waals surface area (Å²) in [5.74, 6) is 0.559. The number of esters is 1. The monoisotopic (exact) mass is 279 g/mol. The lowest BCUT2D eigenvalue weighted by molar-refractivity contribution is -0.143. The summed E-state index contributed by atoms with van der Waals surface area (Å²) in [6.07, 6.45) is 1.49. The van der Waals surface area contributed by atoms with Crippen molar-refractivity contribution in [3.8, 4) is 0 Å². The number of ether oxygens (including phenoxy) is 2. The van der Waals surface area contributed by atoms with Crippen LogP contribution in [0.15, 0.2) is 0 Å². The largest absolute Gasteiger partial charge is 0.466 e. The van der Waals surface area contributed by atoms with Gasteiger partial charge in [0.05, 0.1) is 18.9 Å². The molecule has 0 saturated heterocycles. The Morgan fingerprint density at radius 2 is 1.94 bits per heavy atom. The van der Waals surface area contributed by atoms with Gasteiger partial charge in [0.2, 0.25) is 0 Å². The van der Waals surface area contributed by atoms with E-state index in [9.17, 15) is 9.59 Å². The van der Waals surface area contributed by atoms with Gasteiger partial charge in [0.25, 0.3) is 0 Å². The van der Waals surface area contributed by atoms with Crippen LogP contribution in [0.25, 0.3) is 0 Å². The molecular weight excluding hydrogens is 258 g/mol. The molecule has 0 bridgehead atoms. The van der Waals surface area contributed by atoms with E-state index >= 15 is 0 Å². The molecule has 5 nitrogen and oxygen atoms in total. The summed E-state index contributed by atoms with van der Waals surface area (Å²) >= 11 is 5.34. The van der Waals surface area contributed by atoms with E-state index in [0.717, 1.165) is 12.8 Å². The Morgan fingerprint density at radius 3 is 2.56 bits per heavy atom. The third kappa shape index (κ3) is 11.5. The molecule has 0 radical (unpaired) electrons. The van der Waals surface area contributed by atoms with Crippen molar-refractivity contribution >= 4 is 23.7 Å². The number of amides is 1. The minimum Gasteiger partial charge on any atom is -0.466 e. The van der Waals surface area contributed by atoms with Gasteiger partial charge in [-0.15, -0.1) is 11.6 Å². The predicted molar refractivity (Wildman–Crippen MR) is 69.7 cm³/mol. The lowest BCUT2D eigenvalue weighted by Gasteiger charge is -2.07. The van der Waals surface area contributed by atoms with Gasteiger partial charge in [-0.05, 0) is 18.8 Å². The lowest BCUT2D eigenvalue weighted by atomic mass is 10.1. The molecule has 0 aliphatic heterocycles. The summed E-state index contributed by atoms with van der Waals surface area (Å²) in [6, 6.07) is 0. The number of hydrogen-bond acceptors (Lipinski definition) is 4. The Hall–Kier alpha value is -0.970. The number of halogens is 1. The highest BCUT2D eigenvalue weighted by molar-refractivity contribution is 6.18. The van der Waals surface area contributed by atoms with Crippen molar-refractivity contribution in [3.05, 3.63) is 0 Å². The quantitative estimate of drug-likeness (QED) is 0.400. The molecule has 0 heterocycles. The SMILES string of the molecule is CC(C)CCCOC(=O)CCNC(=O)OCCCl. The Morgan fingerprint density at radius 1 is 1.22 bits per heavy atom. The van der Waals surface area contributed by atoms with Gasteiger partial charge >= 0.3 is 12.1 Å². The first-order valence-electron chi connectivity index (χ1n) is 6.18. The fraction of sp³-hybridized carbons (Fsp3) is 0.833. The molecular formula is C12H22ClNO4. The van der Waals surface area contributed by atoms with Gasteiger partial charge in [-0.2, -0.15) is 0 Å². The number of hydrogen-bond donors (Lipinski definition) is 1. The molecule has 106 valence electrons. The topological polar surface area (TPSA) is 64.6 Å². The van der Waals surface area contributed by atoms with E-state index in [-0.39, 0.29) is 31.4 Å². The third-order valence-corrected chi connectivity index (χ3v) is 2.25. The van der Waals surface area contributed by atoms with Crippen LogP contribution in [0.4, 0.5) is 4.79 Å². The zero-order valence-corrected chi connectivity index (χ0v) is 11.8. The molecule has 0 atom stereocenters. The van der Waals surface area contributed by atoms with Crippen molar-refractivity contribution in [3.63, 3.8) is 0 Å². The van der Waals surface area contributed by atoms with E-state index in [0.29, 0.717) is 12.5 Å². The van der Waals surface area contributed by atoms with Gasteiger partial charge in [0.1, 0.15) is 6.61 Å². The maximum Gasteiger partial charge on any atom is 0.407 e. The molecule has 0 fully saturated rings. The first-order chi connectivity index (χ1) is 8.56. The molecule has 0 saturated carbocycles. The number of nitrogens with one attached hydrogen (secondary N) is 1. The van der Waals surface area contributed by atoms with Crippen molar-refractivity contribution in [1.29, 1.82) is 0 Å². The fourth-order valence-electron chi connectivity index (χ4n) is 1.20. The van der Waals surface area contributed by atoms with E-state index in [1.54, 1.807) is 0 Å². The summed E-state index contributed by atoms with van der Waals surface area (Å²) < 4.78 is 9.67. The van der Waals surface area contributed by atoms with Crippen LogP contribution in [0.3, 0.4) is 0 Å². The number of alkyl halides is 1. The summed E-state index contributed by atoms with van der Waals surface area (Å²) in [7, 11) is 0. The van der Waals surface area contributed by atoms with E-state index in [2.05, 4.69) is 23.9 Å².